The first-order valence-corrected chi connectivity index (χ1v) is 7.96. The van der Waals surface area contributed by atoms with Crippen molar-refractivity contribution in [2.45, 2.75) is 25.9 Å². The molecule has 126 valence electrons. The van der Waals surface area contributed by atoms with E-state index in [0.717, 1.165) is 11.3 Å². The van der Waals surface area contributed by atoms with Crippen LogP contribution in [0.4, 0.5) is 5.69 Å². The first-order chi connectivity index (χ1) is 11.5. The number of unbranched alkanes of at least 4 members (excludes halogenated alkanes) is 1. The molecule has 0 radical (unpaired) electrons. The van der Waals surface area contributed by atoms with Crippen LogP contribution in [0, 0.1) is 5.92 Å². The van der Waals surface area contributed by atoms with Gasteiger partial charge in [-0.1, -0.05) is 30.1 Å². The van der Waals surface area contributed by atoms with Crippen LogP contribution in [0.25, 0.3) is 0 Å². The van der Waals surface area contributed by atoms with Crippen molar-refractivity contribution in [3.05, 3.63) is 29.3 Å². The van der Waals surface area contributed by atoms with E-state index in [0.29, 0.717) is 17.1 Å². The number of fused-ring (bicyclic) bond motifs is 1. The third-order valence-corrected chi connectivity index (χ3v) is 4.09. The van der Waals surface area contributed by atoms with Gasteiger partial charge in [0, 0.05) is 5.02 Å². The molecular formula is C16H15ClN2O5. The summed E-state index contributed by atoms with van der Waals surface area (Å²) >= 11 is 5.82. The molecular weight excluding hydrogens is 336 g/mol. The van der Waals surface area contributed by atoms with Gasteiger partial charge in [-0.3, -0.25) is 9.59 Å². The molecule has 0 aliphatic carbocycles. The van der Waals surface area contributed by atoms with Crippen molar-refractivity contribution in [2.24, 2.45) is 11.1 Å². The zero-order chi connectivity index (χ0) is 17.3. The highest BCUT2D eigenvalue weighted by Crippen LogP contribution is 2.33. The predicted molar refractivity (Wildman–Crippen MR) is 85.6 cm³/mol. The first-order valence-electron chi connectivity index (χ1n) is 7.58. The molecule has 7 nitrogen and oxygen atoms in total. The van der Waals surface area contributed by atoms with E-state index in [1.165, 1.54) is 0 Å². The Kier molecular flexibility index (Phi) is 4.53. The lowest BCUT2D eigenvalue weighted by molar-refractivity contribution is -0.136. The number of hydrogen-bond donors (Lipinski definition) is 0. The van der Waals surface area contributed by atoms with E-state index in [9.17, 15) is 14.4 Å². The number of rotatable bonds is 5. The maximum absolute atomic E-state index is 12.6. The van der Waals surface area contributed by atoms with Crippen LogP contribution in [0.2, 0.25) is 5.02 Å². The number of hydrogen-bond acceptors (Lipinski definition) is 6. The summed E-state index contributed by atoms with van der Waals surface area (Å²) in [5.74, 6) is -2.92. The number of nitrogens with zero attached hydrogens (tertiary/aromatic N) is 2. The van der Waals surface area contributed by atoms with Crippen molar-refractivity contribution in [3.63, 3.8) is 0 Å². The van der Waals surface area contributed by atoms with Crippen molar-refractivity contribution >= 4 is 40.8 Å². The molecule has 3 rings (SSSR count). The SMILES string of the molecule is CCCCOC(=O)C1=NOC2C(=O)N(c3ccc(Cl)cc3)C(=O)C12. The molecule has 0 N–H and O–H groups in total. The number of ether oxygens (including phenoxy) is 1. The highest BCUT2D eigenvalue weighted by atomic mass is 35.5. The van der Waals surface area contributed by atoms with Crippen LogP contribution >= 0.6 is 11.6 Å². The van der Waals surface area contributed by atoms with Crippen LogP contribution in [0.1, 0.15) is 19.8 Å². The van der Waals surface area contributed by atoms with E-state index < -0.39 is 29.8 Å². The molecule has 2 aliphatic heterocycles. The Bertz CT molecular complexity index is 716. The molecule has 2 amide bonds. The molecule has 1 aromatic rings. The highest BCUT2D eigenvalue weighted by molar-refractivity contribution is 6.46. The average Bonchev–Trinajstić information content (AvgIpc) is 3.10. The standard InChI is InChI=1S/C16H15ClN2O5/c1-2-3-8-23-16(22)12-11-13(24-18-12)15(21)19(14(11)20)10-6-4-9(17)5-7-10/h4-7,11,13H,2-3,8H2,1H3. The second kappa shape index (κ2) is 6.60. The Hall–Kier alpha value is -2.41. The number of carbonyl (C=O) groups is 3. The third kappa shape index (κ3) is 2.75. The van der Waals surface area contributed by atoms with Gasteiger partial charge in [0.2, 0.25) is 12.0 Å². The molecule has 0 bridgehead atoms. The fourth-order valence-corrected chi connectivity index (χ4v) is 2.70. The molecule has 1 aromatic carbocycles. The van der Waals surface area contributed by atoms with Gasteiger partial charge in [-0.2, -0.15) is 0 Å². The van der Waals surface area contributed by atoms with Gasteiger partial charge in [0.15, 0.2) is 5.71 Å². The zero-order valence-corrected chi connectivity index (χ0v) is 13.7. The number of carbonyl (C=O) groups excluding carboxylic acids is 3. The smallest absolute Gasteiger partial charge is 0.357 e. The van der Waals surface area contributed by atoms with Crippen molar-refractivity contribution in [2.75, 3.05) is 11.5 Å². The molecule has 0 saturated carbocycles. The Morgan fingerprint density at radius 1 is 1.29 bits per heavy atom. The molecule has 2 unspecified atom stereocenters. The molecule has 24 heavy (non-hydrogen) atoms. The van der Waals surface area contributed by atoms with Crippen LogP contribution < -0.4 is 4.90 Å². The van der Waals surface area contributed by atoms with Crippen LogP contribution in [-0.4, -0.2) is 36.2 Å². The maximum Gasteiger partial charge on any atom is 0.357 e. The van der Waals surface area contributed by atoms with E-state index in [4.69, 9.17) is 21.2 Å². The van der Waals surface area contributed by atoms with Crippen LogP contribution in [0.3, 0.4) is 0 Å². The van der Waals surface area contributed by atoms with Gasteiger partial charge in [-0.15, -0.1) is 0 Å². The number of amides is 2. The van der Waals surface area contributed by atoms with E-state index in [1.54, 1.807) is 24.3 Å². The Labute approximate surface area is 143 Å². The molecule has 0 aromatic heterocycles. The number of esters is 1. The van der Waals surface area contributed by atoms with E-state index in [1.807, 2.05) is 6.92 Å². The number of anilines is 1. The summed E-state index contributed by atoms with van der Waals surface area (Å²) < 4.78 is 5.07. The Morgan fingerprint density at radius 2 is 2.00 bits per heavy atom. The second-order valence-electron chi connectivity index (χ2n) is 5.46. The quantitative estimate of drug-likeness (QED) is 0.460. The van der Waals surface area contributed by atoms with Gasteiger partial charge in [-0.25, -0.2) is 9.69 Å². The summed E-state index contributed by atoms with van der Waals surface area (Å²) in [5, 5.41) is 4.08. The Morgan fingerprint density at radius 3 is 2.67 bits per heavy atom. The average molecular weight is 351 g/mol. The number of halogens is 1. The van der Waals surface area contributed by atoms with Gasteiger partial charge < -0.3 is 9.57 Å². The fourth-order valence-electron chi connectivity index (χ4n) is 2.58. The molecule has 2 heterocycles. The minimum atomic E-state index is -1.12. The van der Waals surface area contributed by atoms with Gasteiger partial charge in [0.1, 0.15) is 5.92 Å². The first kappa shape index (κ1) is 16.4. The molecule has 2 aliphatic rings. The number of oxime groups is 1. The predicted octanol–water partition coefficient (Wildman–Crippen LogP) is 1.93. The monoisotopic (exact) mass is 350 g/mol. The van der Waals surface area contributed by atoms with Gasteiger partial charge in [-0.05, 0) is 30.7 Å². The van der Waals surface area contributed by atoms with E-state index >= 15 is 0 Å². The normalized spacial score (nSPS) is 22.2. The fraction of sp³-hybridized carbons (Fsp3) is 0.375. The molecule has 1 saturated heterocycles. The topological polar surface area (TPSA) is 85.3 Å². The molecule has 2 atom stereocenters. The summed E-state index contributed by atoms with van der Waals surface area (Å²) in [7, 11) is 0. The highest BCUT2D eigenvalue weighted by Gasteiger charge is 2.58. The molecule has 0 spiro atoms. The minimum absolute atomic E-state index is 0.161. The zero-order valence-electron chi connectivity index (χ0n) is 12.9. The lowest BCUT2D eigenvalue weighted by Crippen LogP contribution is -2.35. The number of benzene rings is 1. The van der Waals surface area contributed by atoms with Crippen molar-refractivity contribution in [3.8, 4) is 0 Å². The minimum Gasteiger partial charge on any atom is -0.461 e. The maximum atomic E-state index is 12.6. The van der Waals surface area contributed by atoms with Crippen LogP contribution in [0.15, 0.2) is 29.4 Å². The summed E-state index contributed by atoms with van der Waals surface area (Å²) in [6, 6.07) is 6.24. The van der Waals surface area contributed by atoms with E-state index in [2.05, 4.69) is 5.16 Å². The lowest BCUT2D eigenvalue weighted by Gasteiger charge is -2.15. The molecule has 1 fully saturated rings. The molecule has 8 heteroatoms. The summed E-state index contributed by atoms with van der Waals surface area (Å²) in [6.45, 7) is 2.19. The van der Waals surface area contributed by atoms with Crippen LogP contribution in [-0.2, 0) is 24.0 Å². The van der Waals surface area contributed by atoms with Crippen molar-refractivity contribution in [1.82, 2.24) is 0 Å². The van der Waals surface area contributed by atoms with Gasteiger partial charge in [0.25, 0.3) is 5.91 Å². The van der Waals surface area contributed by atoms with E-state index in [-0.39, 0.29) is 12.3 Å². The van der Waals surface area contributed by atoms with Crippen molar-refractivity contribution < 1.29 is 24.0 Å². The third-order valence-electron chi connectivity index (χ3n) is 3.84. The lowest BCUT2D eigenvalue weighted by atomic mass is 10.00. The largest absolute Gasteiger partial charge is 0.461 e. The summed E-state index contributed by atoms with van der Waals surface area (Å²) in [4.78, 5) is 43.1. The summed E-state index contributed by atoms with van der Waals surface area (Å²) in [6.07, 6.45) is 0.448. The Balaban J connectivity index is 1.80. The second-order valence-corrected chi connectivity index (χ2v) is 5.89. The van der Waals surface area contributed by atoms with Crippen molar-refractivity contribution in [1.29, 1.82) is 0 Å². The van der Waals surface area contributed by atoms with Gasteiger partial charge in [0.05, 0.1) is 12.3 Å². The number of imide groups is 1. The van der Waals surface area contributed by atoms with Crippen LogP contribution in [0.5, 0.6) is 0 Å². The summed E-state index contributed by atoms with van der Waals surface area (Å²) in [5.41, 5.74) is 0.206. The van der Waals surface area contributed by atoms with Gasteiger partial charge >= 0.3 is 5.97 Å².